The van der Waals surface area contributed by atoms with Crippen molar-refractivity contribution in [2.75, 3.05) is 0 Å². The molecule has 1 aromatic heterocycles. The first kappa shape index (κ1) is 13.3. The van der Waals surface area contributed by atoms with Crippen LogP contribution in [-0.2, 0) is 0 Å². The highest BCUT2D eigenvalue weighted by Gasteiger charge is 2.23. The number of rotatable bonds is 3. The van der Waals surface area contributed by atoms with E-state index in [1.165, 1.54) is 6.07 Å². The Labute approximate surface area is 125 Å². The van der Waals surface area contributed by atoms with Crippen LogP contribution in [0.4, 0.5) is 5.88 Å². The minimum absolute atomic E-state index is 0.286. The Kier molecular flexibility index (Phi) is 3.41. The minimum atomic E-state index is -0.565. The number of benzene rings is 1. The zero-order valence-corrected chi connectivity index (χ0v) is 11.6. The number of nitro groups is 1. The topological polar surface area (TPSA) is 80.3 Å². The second-order valence-electron chi connectivity index (χ2n) is 4.46. The highest BCUT2D eigenvalue weighted by molar-refractivity contribution is 7.80. The van der Waals surface area contributed by atoms with Gasteiger partial charge in [-0.25, -0.2) is 0 Å². The maximum absolute atomic E-state index is 10.7. The molecule has 2 aromatic rings. The van der Waals surface area contributed by atoms with Crippen LogP contribution < -0.4 is 10.6 Å². The molecule has 2 heterocycles. The number of furan rings is 1. The summed E-state index contributed by atoms with van der Waals surface area (Å²) in [5.41, 5.74) is 1.82. The van der Waals surface area contributed by atoms with Crippen molar-refractivity contribution in [1.82, 2.24) is 10.6 Å². The number of hydrogen-bond donors (Lipinski definition) is 2. The van der Waals surface area contributed by atoms with Crippen molar-refractivity contribution in [3.63, 3.8) is 0 Å². The van der Waals surface area contributed by atoms with Crippen molar-refractivity contribution in [3.05, 3.63) is 70.0 Å². The summed E-state index contributed by atoms with van der Waals surface area (Å²) >= 11 is 5.18. The molecule has 3 rings (SSSR count). The first-order valence-electron chi connectivity index (χ1n) is 6.22. The summed E-state index contributed by atoms with van der Waals surface area (Å²) < 4.78 is 5.22. The molecule has 1 aliphatic rings. The van der Waals surface area contributed by atoms with Crippen LogP contribution in [0.1, 0.15) is 17.4 Å². The lowest BCUT2D eigenvalue weighted by Gasteiger charge is -2.24. The summed E-state index contributed by atoms with van der Waals surface area (Å²) in [5.74, 6) is 0.157. The van der Waals surface area contributed by atoms with E-state index in [4.69, 9.17) is 16.6 Å². The number of nitrogens with zero attached hydrogens (tertiary/aromatic N) is 1. The quantitative estimate of drug-likeness (QED) is 0.515. The lowest BCUT2D eigenvalue weighted by atomic mass is 10.1. The minimum Gasteiger partial charge on any atom is -0.403 e. The summed E-state index contributed by atoms with van der Waals surface area (Å²) in [6.45, 7) is 0. The molecule has 0 saturated carbocycles. The summed E-state index contributed by atoms with van der Waals surface area (Å²) in [7, 11) is 0. The molecule has 21 heavy (non-hydrogen) atoms. The van der Waals surface area contributed by atoms with E-state index in [9.17, 15) is 10.1 Å². The SMILES string of the molecule is O=[N+]([O-])c1ccc(C2C=C(c3ccccc3)NC(=S)N2)o1. The summed E-state index contributed by atoms with van der Waals surface area (Å²) in [5, 5.41) is 17.2. The second kappa shape index (κ2) is 5.37. The van der Waals surface area contributed by atoms with Crippen molar-refractivity contribution >= 4 is 28.9 Å². The third kappa shape index (κ3) is 2.77. The Hall–Kier alpha value is -2.67. The molecule has 0 fully saturated rings. The van der Waals surface area contributed by atoms with Crippen LogP contribution in [0, 0.1) is 10.1 Å². The molecule has 1 unspecified atom stereocenters. The molecule has 0 saturated heterocycles. The van der Waals surface area contributed by atoms with Gasteiger partial charge >= 0.3 is 5.88 Å². The highest BCUT2D eigenvalue weighted by atomic mass is 32.1. The van der Waals surface area contributed by atoms with Crippen molar-refractivity contribution in [1.29, 1.82) is 0 Å². The van der Waals surface area contributed by atoms with E-state index < -0.39 is 4.92 Å². The van der Waals surface area contributed by atoms with Gasteiger partial charge in [-0.2, -0.15) is 0 Å². The van der Waals surface area contributed by atoms with Gasteiger partial charge in [-0.05, 0) is 29.9 Å². The number of nitrogens with one attached hydrogen (secondary N) is 2. The van der Waals surface area contributed by atoms with Gasteiger partial charge in [0.1, 0.15) is 16.7 Å². The monoisotopic (exact) mass is 301 g/mol. The Bertz CT molecular complexity index is 724. The Morgan fingerprint density at radius 3 is 2.62 bits per heavy atom. The van der Waals surface area contributed by atoms with Gasteiger partial charge in [0.15, 0.2) is 5.11 Å². The molecule has 1 aliphatic heterocycles. The Morgan fingerprint density at radius 2 is 1.95 bits per heavy atom. The predicted molar refractivity (Wildman–Crippen MR) is 81.4 cm³/mol. The van der Waals surface area contributed by atoms with Gasteiger partial charge < -0.3 is 15.1 Å². The number of hydrogen-bond acceptors (Lipinski definition) is 4. The average molecular weight is 301 g/mol. The van der Waals surface area contributed by atoms with Crippen LogP contribution in [0.3, 0.4) is 0 Å². The summed E-state index contributed by atoms with van der Waals surface area (Å²) in [4.78, 5) is 10.1. The van der Waals surface area contributed by atoms with Gasteiger partial charge in [0.25, 0.3) is 0 Å². The van der Waals surface area contributed by atoms with Crippen molar-refractivity contribution in [3.8, 4) is 0 Å². The standard InChI is InChI=1S/C14H11N3O3S/c18-17(19)13-7-6-12(20-13)11-8-10(15-14(21)16-11)9-4-2-1-3-5-9/h1-8,11H,(H2,15,16,21). The summed E-state index contributed by atoms with van der Waals surface area (Å²) in [6, 6.07) is 12.2. The first-order chi connectivity index (χ1) is 10.1. The Balaban J connectivity index is 1.94. The molecule has 0 amide bonds. The van der Waals surface area contributed by atoms with Crippen LogP contribution in [0.25, 0.3) is 5.70 Å². The van der Waals surface area contributed by atoms with Crippen LogP contribution >= 0.6 is 12.2 Å². The van der Waals surface area contributed by atoms with Gasteiger partial charge in [-0.15, -0.1) is 0 Å². The molecule has 0 bridgehead atoms. The normalized spacial score (nSPS) is 17.6. The number of thiocarbonyl (C=S) groups is 1. The molecule has 7 heteroatoms. The second-order valence-corrected chi connectivity index (χ2v) is 4.86. The van der Waals surface area contributed by atoms with E-state index in [1.54, 1.807) is 6.07 Å². The molecule has 106 valence electrons. The van der Waals surface area contributed by atoms with Gasteiger partial charge in [0.05, 0.1) is 6.07 Å². The zero-order valence-electron chi connectivity index (χ0n) is 10.8. The van der Waals surface area contributed by atoms with Gasteiger partial charge in [-0.3, -0.25) is 10.1 Å². The molecule has 6 nitrogen and oxygen atoms in total. The lowest BCUT2D eigenvalue weighted by Crippen LogP contribution is -2.40. The largest absolute Gasteiger partial charge is 0.433 e. The predicted octanol–water partition coefficient (Wildman–Crippen LogP) is 2.75. The fraction of sp³-hybridized carbons (Fsp3) is 0.0714. The molecule has 2 N–H and O–H groups in total. The maximum Gasteiger partial charge on any atom is 0.433 e. The van der Waals surface area contributed by atoms with Gasteiger partial charge in [-0.1, -0.05) is 30.3 Å². The molecule has 0 radical (unpaired) electrons. The molecule has 1 aromatic carbocycles. The van der Waals surface area contributed by atoms with Gasteiger partial charge in [0.2, 0.25) is 0 Å². The van der Waals surface area contributed by atoms with Gasteiger partial charge in [0, 0.05) is 5.70 Å². The van der Waals surface area contributed by atoms with E-state index in [1.807, 2.05) is 36.4 Å². The maximum atomic E-state index is 10.7. The average Bonchev–Trinajstić information content (AvgIpc) is 2.98. The lowest BCUT2D eigenvalue weighted by molar-refractivity contribution is -0.402. The van der Waals surface area contributed by atoms with Crippen LogP contribution in [0.5, 0.6) is 0 Å². The molecule has 0 aliphatic carbocycles. The van der Waals surface area contributed by atoms with E-state index in [-0.39, 0.29) is 11.9 Å². The van der Waals surface area contributed by atoms with E-state index in [0.717, 1.165) is 11.3 Å². The smallest absolute Gasteiger partial charge is 0.403 e. The van der Waals surface area contributed by atoms with E-state index in [2.05, 4.69) is 10.6 Å². The fourth-order valence-electron chi connectivity index (χ4n) is 2.10. The molecular weight excluding hydrogens is 290 g/mol. The van der Waals surface area contributed by atoms with Crippen molar-refractivity contribution in [2.45, 2.75) is 6.04 Å². The highest BCUT2D eigenvalue weighted by Crippen LogP contribution is 2.27. The molecule has 0 spiro atoms. The first-order valence-corrected chi connectivity index (χ1v) is 6.63. The van der Waals surface area contributed by atoms with Crippen molar-refractivity contribution in [2.24, 2.45) is 0 Å². The third-order valence-electron chi connectivity index (χ3n) is 3.05. The molecular formula is C14H11N3O3S. The van der Waals surface area contributed by atoms with Crippen molar-refractivity contribution < 1.29 is 9.34 Å². The van der Waals surface area contributed by atoms with E-state index in [0.29, 0.717) is 10.9 Å². The summed E-state index contributed by atoms with van der Waals surface area (Å²) in [6.07, 6.45) is 1.88. The van der Waals surface area contributed by atoms with E-state index >= 15 is 0 Å². The van der Waals surface area contributed by atoms with Crippen LogP contribution in [0.2, 0.25) is 0 Å². The fourth-order valence-corrected chi connectivity index (χ4v) is 2.33. The third-order valence-corrected chi connectivity index (χ3v) is 3.27. The zero-order chi connectivity index (χ0) is 14.8. The Morgan fingerprint density at radius 1 is 1.19 bits per heavy atom. The van der Waals surface area contributed by atoms with Crippen LogP contribution in [0.15, 0.2) is 53.0 Å². The molecule has 1 atom stereocenters. The van der Waals surface area contributed by atoms with Crippen LogP contribution in [-0.4, -0.2) is 10.0 Å².